The Labute approximate surface area is 381 Å². The minimum absolute atomic E-state index is 0.137. The van der Waals surface area contributed by atoms with Crippen LogP contribution in [0.3, 0.4) is 0 Å². The molecule has 62 heavy (non-hydrogen) atoms. The first-order valence-corrected chi connectivity index (χ1v) is 26.5. The monoisotopic (exact) mass is 880 g/mol. The molecule has 7 unspecified atom stereocenters. The van der Waals surface area contributed by atoms with Gasteiger partial charge in [-0.1, -0.05) is 224 Å². The van der Waals surface area contributed by atoms with Crippen molar-refractivity contribution in [1.82, 2.24) is 5.32 Å². The Morgan fingerprint density at radius 1 is 0.548 bits per heavy atom. The highest BCUT2D eigenvalue weighted by atomic mass is 16.7. The lowest BCUT2D eigenvalue weighted by Gasteiger charge is -2.40. The Morgan fingerprint density at radius 3 is 1.39 bits per heavy atom. The highest BCUT2D eigenvalue weighted by molar-refractivity contribution is 5.76. The lowest BCUT2D eigenvalue weighted by molar-refractivity contribution is -0.302. The number of hydrogen-bond acceptors (Lipinski definition) is 8. The van der Waals surface area contributed by atoms with Crippen LogP contribution in [-0.2, 0) is 14.3 Å². The number of nitrogens with one attached hydrogen (secondary N) is 1. The van der Waals surface area contributed by atoms with Gasteiger partial charge in [0.25, 0.3) is 0 Å². The van der Waals surface area contributed by atoms with Crippen molar-refractivity contribution in [2.24, 2.45) is 0 Å². The van der Waals surface area contributed by atoms with Crippen molar-refractivity contribution < 1.29 is 39.8 Å². The topological polar surface area (TPSA) is 149 Å². The molecule has 1 aliphatic rings. The standard InChI is InChI=1S/C53H101NO8/c1-3-5-7-9-11-13-15-17-18-19-20-21-22-23-24-25-26-27-28-29-30-31-33-35-37-39-41-43-49(57)54-46(45-61-53-52(60)51(59)50(58)48(44-55)62-53)47(56)42-40-38-36-34-32-16-14-12-10-8-6-4-2/h20-21,23-24,46-48,50-53,55-56,58-60H,3-19,22,25-45H2,1-2H3,(H,54,57)/b21-20-,24-23-. The molecular formula is C53H101NO8. The van der Waals surface area contributed by atoms with Gasteiger partial charge in [-0.3, -0.25) is 4.79 Å². The number of hydrogen-bond donors (Lipinski definition) is 6. The summed E-state index contributed by atoms with van der Waals surface area (Å²) in [6.45, 7) is 3.84. The molecule has 0 aliphatic carbocycles. The van der Waals surface area contributed by atoms with Gasteiger partial charge in [0.05, 0.1) is 25.4 Å². The van der Waals surface area contributed by atoms with Crippen LogP contribution in [-0.4, -0.2) is 87.5 Å². The van der Waals surface area contributed by atoms with Gasteiger partial charge in [-0.2, -0.15) is 0 Å². The Morgan fingerprint density at radius 2 is 0.952 bits per heavy atom. The van der Waals surface area contributed by atoms with E-state index in [4.69, 9.17) is 9.47 Å². The van der Waals surface area contributed by atoms with Gasteiger partial charge in [-0.25, -0.2) is 0 Å². The van der Waals surface area contributed by atoms with Gasteiger partial charge in [-0.05, 0) is 44.9 Å². The molecule has 7 atom stereocenters. The first-order chi connectivity index (χ1) is 30.3. The number of carbonyl (C=O) groups excluding carboxylic acids is 1. The van der Waals surface area contributed by atoms with E-state index in [0.717, 1.165) is 44.9 Å². The van der Waals surface area contributed by atoms with Crippen LogP contribution >= 0.6 is 0 Å². The third kappa shape index (κ3) is 33.2. The van der Waals surface area contributed by atoms with Gasteiger partial charge in [0, 0.05) is 6.42 Å². The van der Waals surface area contributed by atoms with E-state index < -0.39 is 49.5 Å². The summed E-state index contributed by atoms with van der Waals surface area (Å²) in [4.78, 5) is 13.0. The molecule has 0 saturated carbocycles. The summed E-state index contributed by atoms with van der Waals surface area (Å²) >= 11 is 0. The van der Waals surface area contributed by atoms with Crippen molar-refractivity contribution in [3.63, 3.8) is 0 Å². The maximum Gasteiger partial charge on any atom is 0.220 e. The number of unbranched alkanes of at least 4 members (excludes halogenated alkanes) is 31. The Hall–Kier alpha value is -1.33. The number of amides is 1. The highest BCUT2D eigenvalue weighted by Gasteiger charge is 2.44. The zero-order valence-electron chi connectivity index (χ0n) is 40.4. The summed E-state index contributed by atoms with van der Waals surface area (Å²) < 4.78 is 11.3. The van der Waals surface area contributed by atoms with Crippen LogP contribution in [0.1, 0.15) is 251 Å². The largest absolute Gasteiger partial charge is 0.394 e. The summed E-state index contributed by atoms with van der Waals surface area (Å²) in [6.07, 6.45) is 46.3. The van der Waals surface area contributed by atoms with Gasteiger partial charge >= 0.3 is 0 Å². The first kappa shape index (κ1) is 58.7. The third-order valence-corrected chi connectivity index (χ3v) is 12.8. The fourth-order valence-corrected chi connectivity index (χ4v) is 8.55. The van der Waals surface area contributed by atoms with E-state index in [1.54, 1.807) is 0 Å². The van der Waals surface area contributed by atoms with E-state index in [-0.39, 0.29) is 12.5 Å². The van der Waals surface area contributed by atoms with Crippen molar-refractivity contribution >= 4 is 5.91 Å². The van der Waals surface area contributed by atoms with E-state index >= 15 is 0 Å². The highest BCUT2D eigenvalue weighted by Crippen LogP contribution is 2.23. The predicted octanol–water partition coefficient (Wildman–Crippen LogP) is 12.2. The first-order valence-electron chi connectivity index (χ1n) is 26.5. The van der Waals surface area contributed by atoms with Crippen LogP contribution in [0, 0.1) is 0 Å². The fraction of sp³-hybridized carbons (Fsp3) is 0.906. The lowest BCUT2D eigenvalue weighted by Crippen LogP contribution is -2.60. The van der Waals surface area contributed by atoms with Crippen molar-refractivity contribution in [2.75, 3.05) is 13.2 Å². The quantitative estimate of drug-likeness (QED) is 0.0262. The van der Waals surface area contributed by atoms with Crippen LogP contribution in [0.4, 0.5) is 0 Å². The molecule has 0 radical (unpaired) electrons. The summed E-state index contributed by atoms with van der Waals surface area (Å²) in [7, 11) is 0. The average Bonchev–Trinajstić information content (AvgIpc) is 3.27. The van der Waals surface area contributed by atoms with Crippen LogP contribution in [0.2, 0.25) is 0 Å². The van der Waals surface area contributed by atoms with Gasteiger partial charge < -0.3 is 40.3 Å². The molecular weight excluding hydrogens is 779 g/mol. The second kappa shape index (κ2) is 43.6. The molecule has 1 fully saturated rings. The van der Waals surface area contributed by atoms with Crippen molar-refractivity contribution in [1.29, 1.82) is 0 Å². The number of carbonyl (C=O) groups is 1. The van der Waals surface area contributed by atoms with E-state index in [9.17, 15) is 30.3 Å². The minimum atomic E-state index is -1.55. The fourth-order valence-electron chi connectivity index (χ4n) is 8.55. The van der Waals surface area contributed by atoms with Crippen LogP contribution < -0.4 is 5.32 Å². The molecule has 0 aromatic carbocycles. The van der Waals surface area contributed by atoms with Gasteiger partial charge in [0.2, 0.25) is 5.91 Å². The molecule has 0 bridgehead atoms. The van der Waals surface area contributed by atoms with Crippen molar-refractivity contribution in [3.05, 3.63) is 24.3 Å². The molecule has 0 spiro atoms. The molecule has 9 nitrogen and oxygen atoms in total. The summed E-state index contributed by atoms with van der Waals surface area (Å²) in [5.41, 5.74) is 0. The number of allylic oxidation sites excluding steroid dienone is 4. The molecule has 366 valence electrons. The summed E-state index contributed by atoms with van der Waals surface area (Å²) in [5, 5.41) is 54.4. The molecule has 1 aliphatic heterocycles. The molecule has 1 saturated heterocycles. The Bertz CT molecular complexity index is 1020. The predicted molar refractivity (Wildman–Crippen MR) is 258 cm³/mol. The number of aliphatic hydroxyl groups excluding tert-OH is 5. The molecule has 1 amide bonds. The molecule has 0 aromatic rings. The van der Waals surface area contributed by atoms with Crippen molar-refractivity contribution in [2.45, 2.75) is 294 Å². The molecule has 1 heterocycles. The van der Waals surface area contributed by atoms with Crippen molar-refractivity contribution in [3.8, 4) is 0 Å². The number of ether oxygens (including phenoxy) is 2. The third-order valence-electron chi connectivity index (χ3n) is 12.8. The average molecular weight is 880 g/mol. The minimum Gasteiger partial charge on any atom is -0.394 e. The molecule has 1 rings (SSSR count). The van der Waals surface area contributed by atoms with E-state index in [0.29, 0.717) is 12.8 Å². The van der Waals surface area contributed by atoms with E-state index in [1.165, 1.54) is 180 Å². The smallest absolute Gasteiger partial charge is 0.220 e. The number of rotatable bonds is 45. The lowest BCUT2D eigenvalue weighted by atomic mass is 9.99. The maximum atomic E-state index is 13.0. The molecule has 9 heteroatoms. The normalized spacial score (nSPS) is 20.4. The zero-order chi connectivity index (χ0) is 45.1. The SMILES string of the molecule is CCCCCCCCCCC/C=C\C/C=C\CCCCCCCCCCCCCC(=O)NC(COC1OC(CO)C(O)C(O)C1O)C(O)CCCCCCCCCCCCCC. The molecule has 0 aromatic heterocycles. The van der Waals surface area contributed by atoms with E-state index in [1.807, 2.05) is 0 Å². The van der Waals surface area contributed by atoms with Crippen LogP contribution in [0.25, 0.3) is 0 Å². The summed E-state index contributed by atoms with van der Waals surface area (Å²) in [6, 6.07) is -0.717. The Kier molecular flexibility index (Phi) is 41.2. The Balaban J connectivity index is 2.18. The zero-order valence-corrected chi connectivity index (χ0v) is 40.4. The van der Waals surface area contributed by atoms with E-state index in [2.05, 4.69) is 43.5 Å². The van der Waals surface area contributed by atoms with Gasteiger partial charge in [0.1, 0.15) is 24.4 Å². The second-order valence-corrected chi connectivity index (χ2v) is 18.7. The number of aliphatic hydroxyl groups is 5. The van der Waals surface area contributed by atoms with Crippen LogP contribution in [0.15, 0.2) is 24.3 Å². The molecule has 6 N–H and O–H groups in total. The maximum absolute atomic E-state index is 13.0. The van der Waals surface area contributed by atoms with Crippen LogP contribution in [0.5, 0.6) is 0 Å². The van der Waals surface area contributed by atoms with Gasteiger partial charge in [-0.15, -0.1) is 0 Å². The second-order valence-electron chi connectivity index (χ2n) is 18.7. The van der Waals surface area contributed by atoms with Gasteiger partial charge in [0.15, 0.2) is 6.29 Å². The summed E-state index contributed by atoms with van der Waals surface area (Å²) in [5.74, 6) is -0.145.